The number of pyridine rings is 1. The molecule has 166 valence electrons. The molecule has 2 aromatic rings. The van der Waals surface area contributed by atoms with E-state index < -0.39 is 5.97 Å². The Hall–Kier alpha value is -3.16. The quantitative estimate of drug-likeness (QED) is 0.691. The summed E-state index contributed by atoms with van der Waals surface area (Å²) in [6, 6.07) is 5.56. The molecule has 8 heteroatoms. The molecule has 2 amide bonds. The van der Waals surface area contributed by atoms with Crippen LogP contribution in [-0.2, 0) is 16.1 Å². The highest BCUT2D eigenvalue weighted by Gasteiger charge is 2.32. The molecule has 0 radical (unpaired) electrons. The first-order valence-corrected chi connectivity index (χ1v) is 10.6. The number of carbonyl (C=O) groups is 3. The molecule has 1 aliphatic heterocycles. The maximum absolute atomic E-state index is 13.2. The van der Waals surface area contributed by atoms with Gasteiger partial charge in [0.05, 0.1) is 29.8 Å². The molecule has 1 aliphatic rings. The molecule has 1 atom stereocenters. The number of esters is 1. The van der Waals surface area contributed by atoms with Crippen LogP contribution in [0.1, 0.15) is 64.5 Å². The zero-order valence-corrected chi connectivity index (χ0v) is 18.5. The zero-order valence-electron chi connectivity index (χ0n) is 18.5. The van der Waals surface area contributed by atoms with Crippen LogP contribution in [-0.4, -0.2) is 51.8 Å². The highest BCUT2D eigenvalue weighted by atomic mass is 16.5. The van der Waals surface area contributed by atoms with Gasteiger partial charge in [-0.05, 0) is 58.2 Å². The van der Waals surface area contributed by atoms with Crippen LogP contribution in [0, 0.1) is 19.8 Å². The fourth-order valence-electron chi connectivity index (χ4n) is 3.90. The first kappa shape index (κ1) is 22.5. The van der Waals surface area contributed by atoms with Crippen molar-refractivity contribution in [2.45, 2.75) is 53.2 Å². The topological polar surface area (TPSA) is 104 Å². The van der Waals surface area contributed by atoms with E-state index >= 15 is 0 Å². The van der Waals surface area contributed by atoms with Crippen molar-refractivity contribution in [2.75, 3.05) is 13.1 Å². The number of aromatic nitrogens is 2. The van der Waals surface area contributed by atoms with E-state index in [9.17, 15) is 14.4 Å². The lowest BCUT2D eigenvalue weighted by Crippen LogP contribution is -2.45. The molecule has 0 bridgehead atoms. The van der Waals surface area contributed by atoms with Gasteiger partial charge in [-0.3, -0.25) is 14.6 Å². The molecule has 0 spiro atoms. The summed E-state index contributed by atoms with van der Waals surface area (Å²) in [6.45, 7) is 8.35. The average Bonchev–Trinajstić information content (AvgIpc) is 3.05. The highest BCUT2D eigenvalue weighted by Crippen LogP contribution is 2.24. The molecule has 1 saturated heterocycles. The Labute approximate surface area is 182 Å². The van der Waals surface area contributed by atoms with E-state index in [4.69, 9.17) is 4.74 Å². The van der Waals surface area contributed by atoms with Crippen LogP contribution >= 0.6 is 0 Å². The van der Waals surface area contributed by atoms with Gasteiger partial charge in [-0.2, -0.15) is 0 Å². The number of hydrogen-bond acceptors (Lipinski definition) is 5. The molecule has 3 rings (SSSR count). The molecule has 2 aromatic heterocycles. The number of H-pyrrole nitrogens is 1. The SMILES string of the molecule is Cc1[nH]c(C(=O)N2CCCC(C(=O)NCc3ccccn3)C2)c(C)c1C(=O)OC(C)C. The lowest BCUT2D eigenvalue weighted by molar-refractivity contribution is -0.126. The van der Waals surface area contributed by atoms with E-state index in [1.807, 2.05) is 18.2 Å². The van der Waals surface area contributed by atoms with Gasteiger partial charge in [0.1, 0.15) is 5.69 Å². The summed E-state index contributed by atoms with van der Waals surface area (Å²) in [5.74, 6) is -0.996. The van der Waals surface area contributed by atoms with E-state index in [1.165, 1.54) is 0 Å². The summed E-state index contributed by atoms with van der Waals surface area (Å²) < 4.78 is 5.31. The number of aromatic amines is 1. The third-order valence-corrected chi connectivity index (χ3v) is 5.45. The predicted molar refractivity (Wildman–Crippen MR) is 116 cm³/mol. The molecule has 0 aliphatic carbocycles. The van der Waals surface area contributed by atoms with Crippen LogP contribution in [0.5, 0.6) is 0 Å². The van der Waals surface area contributed by atoms with Crippen molar-refractivity contribution in [1.29, 1.82) is 0 Å². The lowest BCUT2D eigenvalue weighted by Gasteiger charge is -2.32. The van der Waals surface area contributed by atoms with Crippen molar-refractivity contribution in [1.82, 2.24) is 20.2 Å². The number of ether oxygens (including phenoxy) is 1. The normalized spacial score (nSPS) is 16.3. The van der Waals surface area contributed by atoms with Crippen molar-refractivity contribution >= 4 is 17.8 Å². The van der Waals surface area contributed by atoms with Crippen molar-refractivity contribution in [2.24, 2.45) is 5.92 Å². The number of nitrogens with one attached hydrogen (secondary N) is 2. The largest absolute Gasteiger partial charge is 0.459 e. The molecule has 0 saturated carbocycles. The third-order valence-electron chi connectivity index (χ3n) is 5.45. The number of aryl methyl sites for hydroxylation is 1. The van der Waals surface area contributed by atoms with E-state index in [-0.39, 0.29) is 23.8 Å². The first-order valence-electron chi connectivity index (χ1n) is 10.6. The highest BCUT2D eigenvalue weighted by molar-refractivity contribution is 6.00. The third kappa shape index (κ3) is 5.31. The number of carbonyl (C=O) groups excluding carboxylic acids is 3. The minimum absolute atomic E-state index is 0.0799. The van der Waals surface area contributed by atoms with Crippen LogP contribution in [0.25, 0.3) is 0 Å². The Morgan fingerprint density at radius 1 is 1.29 bits per heavy atom. The molecule has 0 aromatic carbocycles. The van der Waals surface area contributed by atoms with Crippen LogP contribution in [0.4, 0.5) is 0 Å². The summed E-state index contributed by atoms with van der Waals surface area (Å²) in [5.41, 5.74) is 2.75. The molecule has 3 heterocycles. The molecule has 8 nitrogen and oxygen atoms in total. The van der Waals surface area contributed by atoms with Gasteiger partial charge in [-0.1, -0.05) is 6.07 Å². The van der Waals surface area contributed by atoms with Gasteiger partial charge in [-0.25, -0.2) is 4.79 Å². The van der Waals surface area contributed by atoms with Gasteiger partial charge in [0.2, 0.25) is 5.91 Å². The molecule has 1 unspecified atom stereocenters. The second-order valence-electron chi connectivity index (χ2n) is 8.21. The van der Waals surface area contributed by atoms with Crippen molar-refractivity contribution in [3.8, 4) is 0 Å². The minimum atomic E-state index is -0.439. The van der Waals surface area contributed by atoms with E-state index in [0.29, 0.717) is 42.1 Å². The lowest BCUT2D eigenvalue weighted by atomic mass is 9.96. The second kappa shape index (κ2) is 9.76. The summed E-state index contributed by atoms with van der Waals surface area (Å²) in [5, 5.41) is 2.92. The van der Waals surface area contributed by atoms with Crippen LogP contribution in [0.2, 0.25) is 0 Å². The van der Waals surface area contributed by atoms with Crippen LogP contribution in [0.3, 0.4) is 0 Å². The monoisotopic (exact) mass is 426 g/mol. The number of amides is 2. The predicted octanol–water partition coefficient (Wildman–Crippen LogP) is 2.76. The smallest absolute Gasteiger partial charge is 0.340 e. The van der Waals surface area contributed by atoms with Gasteiger partial charge in [0, 0.05) is 25.0 Å². The summed E-state index contributed by atoms with van der Waals surface area (Å²) >= 11 is 0. The van der Waals surface area contributed by atoms with Gasteiger partial charge >= 0.3 is 5.97 Å². The molecule has 2 N–H and O–H groups in total. The van der Waals surface area contributed by atoms with Gasteiger partial charge in [0.25, 0.3) is 5.91 Å². The first-order chi connectivity index (χ1) is 14.8. The number of rotatable bonds is 6. The molecule has 1 fully saturated rings. The molecular weight excluding hydrogens is 396 g/mol. The maximum Gasteiger partial charge on any atom is 0.340 e. The Kier molecular flexibility index (Phi) is 7.09. The number of piperidine rings is 1. The van der Waals surface area contributed by atoms with Gasteiger partial charge in [0.15, 0.2) is 0 Å². The minimum Gasteiger partial charge on any atom is -0.459 e. The second-order valence-corrected chi connectivity index (χ2v) is 8.21. The van der Waals surface area contributed by atoms with E-state index in [2.05, 4.69) is 15.3 Å². The average molecular weight is 427 g/mol. The molecular formula is C23H30N4O4. The van der Waals surface area contributed by atoms with Gasteiger partial charge in [-0.15, -0.1) is 0 Å². The Morgan fingerprint density at radius 2 is 2.06 bits per heavy atom. The van der Waals surface area contributed by atoms with Gasteiger partial charge < -0.3 is 19.9 Å². The number of likely N-dealkylation sites (tertiary alicyclic amines) is 1. The van der Waals surface area contributed by atoms with Crippen LogP contribution in [0.15, 0.2) is 24.4 Å². The molecule has 31 heavy (non-hydrogen) atoms. The zero-order chi connectivity index (χ0) is 22.5. The fraction of sp³-hybridized carbons (Fsp3) is 0.478. The van der Waals surface area contributed by atoms with Crippen molar-refractivity contribution < 1.29 is 19.1 Å². The summed E-state index contributed by atoms with van der Waals surface area (Å²) in [7, 11) is 0. The summed E-state index contributed by atoms with van der Waals surface area (Å²) in [6.07, 6.45) is 2.92. The van der Waals surface area contributed by atoms with Crippen molar-refractivity contribution in [3.63, 3.8) is 0 Å². The Bertz CT molecular complexity index is 952. The van der Waals surface area contributed by atoms with E-state index in [0.717, 1.165) is 18.5 Å². The summed E-state index contributed by atoms with van der Waals surface area (Å²) in [4.78, 5) is 47.2. The number of hydrogen-bond donors (Lipinski definition) is 2. The van der Waals surface area contributed by atoms with E-state index in [1.54, 1.807) is 38.8 Å². The fourth-order valence-corrected chi connectivity index (χ4v) is 3.90. The van der Waals surface area contributed by atoms with Crippen LogP contribution < -0.4 is 5.32 Å². The Morgan fingerprint density at radius 3 is 2.74 bits per heavy atom. The maximum atomic E-state index is 13.2. The Balaban J connectivity index is 1.67. The van der Waals surface area contributed by atoms with Crippen molar-refractivity contribution in [3.05, 3.63) is 52.6 Å². The number of nitrogens with zero attached hydrogens (tertiary/aromatic N) is 2. The standard InChI is InChI=1S/C23H30N4O4/c1-14(2)31-23(30)19-15(3)20(26-16(19)4)22(29)27-11-7-8-17(13-27)21(28)25-12-18-9-5-6-10-24-18/h5-6,9-10,14,17,26H,7-8,11-13H2,1-4H3,(H,25,28).